The first-order valence-corrected chi connectivity index (χ1v) is 8.34. The lowest BCUT2D eigenvalue weighted by molar-refractivity contribution is 0.204. The fourth-order valence-electron chi connectivity index (χ4n) is 2.53. The summed E-state index contributed by atoms with van der Waals surface area (Å²) in [5, 5.41) is 6.78. The maximum atomic E-state index is 6.15. The zero-order valence-corrected chi connectivity index (χ0v) is 14.8. The number of thiocarbonyl (C=S) groups is 1. The van der Waals surface area contributed by atoms with Crippen molar-refractivity contribution in [1.82, 2.24) is 15.3 Å². The lowest BCUT2D eigenvalue weighted by atomic mass is 10.1. The molecule has 2 N–H and O–H groups in total. The largest absolute Gasteiger partial charge is 0.383 e. The zero-order chi connectivity index (χ0) is 16.9. The highest BCUT2D eigenvalue weighted by Crippen LogP contribution is 2.28. The Morgan fingerprint density at radius 3 is 2.67 bits per heavy atom. The summed E-state index contributed by atoms with van der Waals surface area (Å²) < 4.78 is 4.97. The molecule has 0 aliphatic carbocycles. The van der Waals surface area contributed by atoms with Gasteiger partial charge in [0.05, 0.1) is 6.61 Å². The van der Waals surface area contributed by atoms with E-state index in [0.29, 0.717) is 29.4 Å². The molecule has 1 aliphatic heterocycles. The number of hydrogen-bond donors (Lipinski definition) is 2. The molecule has 0 unspecified atom stereocenters. The van der Waals surface area contributed by atoms with Crippen LogP contribution in [-0.2, 0) is 17.8 Å². The third kappa shape index (κ3) is 4.11. The van der Waals surface area contributed by atoms with Gasteiger partial charge in [-0.2, -0.15) is 4.98 Å². The summed E-state index contributed by atoms with van der Waals surface area (Å²) in [6.07, 6.45) is 0. The number of halogens is 1. The minimum atomic E-state index is 0.373. The van der Waals surface area contributed by atoms with Gasteiger partial charge in [-0.3, -0.25) is 0 Å². The summed E-state index contributed by atoms with van der Waals surface area (Å²) in [7, 11) is 1.64. The number of aromatic nitrogens is 2. The van der Waals surface area contributed by atoms with Crippen LogP contribution in [0.15, 0.2) is 30.3 Å². The number of anilines is 2. The summed E-state index contributed by atoms with van der Waals surface area (Å²) >= 11 is 11.4. The lowest BCUT2D eigenvalue weighted by Crippen LogP contribution is -2.32. The van der Waals surface area contributed by atoms with Gasteiger partial charge in [0.15, 0.2) is 5.11 Å². The number of hydrogen-bond acceptors (Lipinski definition) is 5. The van der Waals surface area contributed by atoms with E-state index in [2.05, 4.69) is 37.6 Å². The first-order chi connectivity index (χ1) is 11.7. The highest BCUT2D eigenvalue weighted by molar-refractivity contribution is 7.80. The van der Waals surface area contributed by atoms with Gasteiger partial charge >= 0.3 is 0 Å². The second-order valence-electron chi connectivity index (χ2n) is 5.37. The fourth-order valence-corrected chi connectivity index (χ4v) is 2.90. The van der Waals surface area contributed by atoms with Crippen molar-refractivity contribution >= 4 is 40.7 Å². The van der Waals surface area contributed by atoms with Gasteiger partial charge in [-0.05, 0) is 23.3 Å². The van der Waals surface area contributed by atoms with Gasteiger partial charge in [-0.1, -0.05) is 35.9 Å². The van der Waals surface area contributed by atoms with Gasteiger partial charge in [0.25, 0.3) is 0 Å². The molecule has 1 aliphatic rings. The standard InChI is InChI=1S/C16H18ClN5OS/c1-23-7-6-18-16(24)21-15-19-13(17)8-14(20-15)22-9-11-4-2-3-5-12(11)10-22/h2-5,8H,6-7,9-10H2,1H3,(H2,18,19,20,21,24). The SMILES string of the molecule is COCCNC(=S)Nc1nc(Cl)cc(N2Cc3ccccc3C2)n1. The van der Waals surface area contributed by atoms with Crippen molar-refractivity contribution in [3.8, 4) is 0 Å². The summed E-state index contributed by atoms with van der Waals surface area (Å²) in [4.78, 5) is 10.9. The molecular formula is C16H18ClN5OS. The van der Waals surface area contributed by atoms with Gasteiger partial charge in [-0.25, -0.2) is 4.98 Å². The van der Waals surface area contributed by atoms with Crippen LogP contribution in [0.1, 0.15) is 11.1 Å². The normalized spacial score (nSPS) is 12.8. The molecule has 2 heterocycles. The predicted octanol–water partition coefficient (Wildman–Crippen LogP) is 2.58. The molecule has 0 amide bonds. The number of rotatable bonds is 5. The number of nitrogens with zero attached hydrogens (tertiary/aromatic N) is 3. The van der Waals surface area contributed by atoms with Crippen LogP contribution >= 0.6 is 23.8 Å². The second kappa shape index (κ2) is 7.74. The maximum Gasteiger partial charge on any atom is 0.232 e. The van der Waals surface area contributed by atoms with E-state index < -0.39 is 0 Å². The summed E-state index contributed by atoms with van der Waals surface area (Å²) in [5.41, 5.74) is 2.61. The molecule has 3 rings (SSSR count). The van der Waals surface area contributed by atoms with Crippen LogP contribution in [-0.4, -0.2) is 35.3 Å². The maximum absolute atomic E-state index is 6.15. The van der Waals surface area contributed by atoms with Crippen LogP contribution in [0.5, 0.6) is 0 Å². The van der Waals surface area contributed by atoms with Crippen LogP contribution in [0.3, 0.4) is 0 Å². The third-order valence-corrected chi connectivity index (χ3v) is 4.10. The fraction of sp³-hybridized carbons (Fsp3) is 0.312. The predicted molar refractivity (Wildman–Crippen MR) is 99.5 cm³/mol. The van der Waals surface area contributed by atoms with E-state index in [-0.39, 0.29) is 0 Å². The van der Waals surface area contributed by atoms with E-state index in [1.807, 2.05) is 12.1 Å². The molecule has 2 aromatic rings. The molecule has 0 spiro atoms. The van der Waals surface area contributed by atoms with Gasteiger partial charge in [-0.15, -0.1) is 0 Å². The smallest absolute Gasteiger partial charge is 0.232 e. The molecule has 0 saturated heterocycles. The first kappa shape index (κ1) is 16.9. The summed E-state index contributed by atoms with van der Waals surface area (Å²) in [6, 6.07) is 10.1. The molecule has 126 valence electrons. The average molecular weight is 364 g/mol. The monoisotopic (exact) mass is 363 g/mol. The van der Waals surface area contributed by atoms with E-state index in [9.17, 15) is 0 Å². The number of ether oxygens (including phenoxy) is 1. The number of nitrogens with one attached hydrogen (secondary N) is 2. The van der Waals surface area contributed by atoms with Crippen LogP contribution in [0.4, 0.5) is 11.8 Å². The quantitative estimate of drug-likeness (QED) is 0.481. The van der Waals surface area contributed by atoms with Crippen molar-refractivity contribution in [2.24, 2.45) is 0 Å². The van der Waals surface area contributed by atoms with Crippen molar-refractivity contribution < 1.29 is 4.74 Å². The second-order valence-corrected chi connectivity index (χ2v) is 6.17. The Labute approximate surface area is 151 Å². The summed E-state index contributed by atoms with van der Waals surface area (Å²) in [6.45, 7) is 2.78. The zero-order valence-electron chi connectivity index (χ0n) is 13.3. The van der Waals surface area contributed by atoms with E-state index in [0.717, 1.165) is 18.9 Å². The highest BCUT2D eigenvalue weighted by Gasteiger charge is 2.20. The summed E-state index contributed by atoms with van der Waals surface area (Å²) in [5.74, 6) is 1.15. The Bertz CT molecular complexity index is 717. The molecule has 1 aromatic carbocycles. The van der Waals surface area contributed by atoms with Crippen molar-refractivity contribution in [2.75, 3.05) is 30.5 Å². The minimum Gasteiger partial charge on any atom is -0.383 e. The van der Waals surface area contributed by atoms with Crippen molar-refractivity contribution in [3.63, 3.8) is 0 Å². The average Bonchev–Trinajstić information content (AvgIpc) is 2.98. The van der Waals surface area contributed by atoms with Gasteiger partial charge in [0.1, 0.15) is 11.0 Å². The topological polar surface area (TPSA) is 62.3 Å². The number of methoxy groups -OCH3 is 1. The van der Waals surface area contributed by atoms with E-state index in [1.54, 1.807) is 13.2 Å². The molecule has 1 aromatic heterocycles. The van der Waals surface area contributed by atoms with Crippen LogP contribution in [0, 0.1) is 0 Å². The Balaban J connectivity index is 1.70. The van der Waals surface area contributed by atoms with Gasteiger partial charge < -0.3 is 20.3 Å². The number of benzene rings is 1. The molecule has 8 heteroatoms. The molecular weight excluding hydrogens is 346 g/mol. The van der Waals surface area contributed by atoms with Crippen LogP contribution in [0.25, 0.3) is 0 Å². The molecule has 0 radical (unpaired) electrons. The van der Waals surface area contributed by atoms with E-state index >= 15 is 0 Å². The van der Waals surface area contributed by atoms with Crippen molar-refractivity contribution in [1.29, 1.82) is 0 Å². The highest BCUT2D eigenvalue weighted by atomic mass is 35.5. The molecule has 6 nitrogen and oxygen atoms in total. The first-order valence-electron chi connectivity index (χ1n) is 7.56. The third-order valence-electron chi connectivity index (χ3n) is 3.66. The van der Waals surface area contributed by atoms with Gasteiger partial charge in [0, 0.05) is 32.8 Å². The van der Waals surface area contributed by atoms with E-state index in [4.69, 9.17) is 28.6 Å². The van der Waals surface area contributed by atoms with Crippen LogP contribution < -0.4 is 15.5 Å². The Kier molecular flexibility index (Phi) is 5.44. The molecule has 24 heavy (non-hydrogen) atoms. The Hall–Kier alpha value is -1.96. The lowest BCUT2D eigenvalue weighted by Gasteiger charge is -2.18. The minimum absolute atomic E-state index is 0.373. The molecule has 0 saturated carbocycles. The molecule has 0 fully saturated rings. The number of fused-ring (bicyclic) bond motifs is 1. The van der Waals surface area contributed by atoms with Crippen molar-refractivity contribution in [3.05, 3.63) is 46.6 Å². The molecule has 0 bridgehead atoms. The van der Waals surface area contributed by atoms with Crippen LogP contribution in [0.2, 0.25) is 5.15 Å². The molecule has 0 atom stereocenters. The Morgan fingerprint density at radius 1 is 1.29 bits per heavy atom. The van der Waals surface area contributed by atoms with Gasteiger partial charge in [0.2, 0.25) is 5.95 Å². The Morgan fingerprint density at radius 2 is 2.00 bits per heavy atom. The van der Waals surface area contributed by atoms with E-state index in [1.165, 1.54) is 11.1 Å². The van der Waals surface area contributed by atoms with Crippen molar-refractivity contribution in [2.45, 2.75) is 13.1 Å².